The molecule has 1 saturated heterocycles. The first-order valence-corrected chi connectivity index (χ1v) is 7.33. The Balaban J connectivity index is 1.60. The third kappa shape index (κ3) is 3.13. The van der Waals surface area contributed by atoms with E-state index in [1.54, 1.807) is 0 Å². The number of para-hydroxylation sites is 1. The van der Waals surface area contributed by atoms with Gasteiger partial charge < -0.3 is 16.0 Å². The Labute approximate surface area is 124 Å². The lowest BCUT2D eigenvalue weighted by Crippen LogP contribution is -2.38. The van der Waals surface area contributed by atoms with Crippen LogP contribution in [0.4, 0.5) is 4.79 Å². The summed E-state index contributed by atoms with van der Waals surface area (Å²) in [5.74, 6) is 0.443. The summed E-state index contributed by atoms with van der Waals surface area (Å²) >= 11 is 0. The van der Waals surface area contributed by atoms with Gasteiger partial charge in [-0.15, -0.1) is 0 Å². The molecule has 2 amide bonds. The Kier molecular flexibility index (Phi) is 4.01. The first kappa shape index (κ1) is 13.8. The normalized spacial score (nSPS) is 18.1. The van der Waals surface area contributed by atoms with Crippen molar-refractivity contribution < 1.29 is 4.79 Å². The molecule has 0 bridgehead atoms. The molecule has 2 aromatic rings. The largest absolute Gasteiger partial charge is 0.334 e. The Morgan fingerprint density at radius 2 is 2.29 bits per heavy atom. The van der Waals surface area contributed by atoms with Crippen molar-refractivity contribution in [3.05, 3.63) is 42.1 Å². The molecule has 1 aliphatic rings. The molecule has 1 aromatic heterocycles. The molecule has 1 aromatic carbocycles. The average molecular weight is 284 g/mol. The highest BCUT2D eigenvalue weighted by atomic mass is 16.2. The van der Waals surface area contributed by atoms with Gasteiger partial charge in [0.2, 0.25) is 0 Å². The molecular formula is C16H20N4O. The predicted octanol–water partition coefficient (Wildman–Crippen LogP) is 1.72. The minimum Gasteiger partial charge on any atom is -0.334 e. The standard InChI is InChI=1S/C16H20N4O/c17-8-12-5-6-20(11-12)16(21)19-10-13-7-14-3-1-2-4-15(14)18-9-13/h1-4,7,9,12H,5-6,8,10-11,17H2,(H,19,21)/t12-/m1/s1. The van der Waals surface area contributed by atoms with Gasteiger partial charge in [-0.1, -0.05) is 18.2 Å². The first-order chi connectivity index (χ1) is 10.3. The number of carbonyl (C=O) groups is 1. The van der Waals surface area contributed by atoms with Gasteiger partial charge >= 0.3 is 6.03 Å². The van der Waals surface area contributed by atoms with Gasteiger partial charge in [0.1, 0.15) is 0 Å². The number of pyridine rings is 1. The lowest BCUT2D eigenvalue weighted by molar-refractivity contribution is 0.206. The Bertz CT molecular complexity index is 643. The number of nitrogens with one attached hydrogen (secondary N) is 1. The van der Waals surface area contributed by atoms with Crippen molar-refractivity contribution in [1.29, 1.82) is 0 Å². The number of fused-ring (bicyclic) bond motifs is 1. The van der Waals surface area contributed by atoms with Gasteiger partial charge in [-0.3, -0.25) is 4.98 Å². The highest BCUT2D eigenvalue weighted by molar-refractivity contribution is 5.79. The quantitative estimate of drug-likeness (QED) is 0.901. The summed E-state index contributed by atoms with van der Waals surface area (Å²) in [6.45, 7) is 2.71. The van der Waals surface area contributed by atoms with Crippen molar-refractivity contribution in [3.8, 4) is 0 Å². The van der Waals surface area contributed by atoms with Crippen LogP contribution in [0, 0.1) is 5.92 Å². The number of nitrogens with two attached hydrogens (primary N) is 1. The number of aromatic nitrogens is 1. The van der Waals surface area contributed by atoms with Gasteiger partial charge in [0.25, 0.3) is 0 Å². The zero-order valence-corrected chi connectivity index (χ0v) is 12.0. The van der Waals surface area contributed by atoms with Crippen molar-refractivity contribution in [2.24, 2.45) is 11.7 Å². The maximum atomic E-state index is 12.1. The monoisotopic (exact) mass is 284 g/mol. The number of nitrogens with zero attached hydrogens (tertiary/aromatic N) is 2. The van der Waals surface area contributed by atoms with Gasteiger partial charge in [0, 0.05) is 31.2 Å². The molecule has 3 N–H and O–H groups in total. The van der Waals surface area contributed by atoms with Gasteiger partial charge in [-0.25, -0.2) is 4.79 Å². The summed E-state index contributed by atoms with van der Waals surface area (Å²) in [7, 11) is 0. The Morgan fingerprint density at radius 1 is 1.43 bits per heavy atom. The number of urea groups is 1. The number of likely N-dealkylation sites (tertiary alicyclic amines) is 1. The van der Waals surface area contributed by atoms with Crippen LogP contribution in [0.3, 0.4) is 0 Å². The van der Waals surface area contributed by atoms with Gasteiger partial charge in [-0.2, -0.15) is 0 Å². The minimum absolute atomic E-state index is 0.0147. The number of amides is 2. The second kappa shape index (κ2) is 6.10. The fraction of sp³-hybridized carbons (Fsp3) is 0.375. The highest BCUT2D eigenvalue weighted by Gasteiger charge is 2.24. The van der Waals surface area contributed by atoms with E-state index < -0.39 is 0 Å². The lowest BCUT2D eigenvalue weighted by Gasteiger charge is -2.17. The van der Waals surface area contributed by atoms with Crippen LogP contribution in [0.25, 0.3) is 10.9 Å². The molecule has 1 aliphatic heterocycles. The summed E-state index contributed by atoms with van der Waals surface area (Å²) in [5.41, 5.74) is 7.63. The summed E-state index contributed by atoms with van der Waals surface area (Å²) < 4.78 is 0. The SMILES string of the molecule is NC[C@H]1CCN(C(=O)NCc2cnc3ccccc3c2)C1. The van der Waals surface area contributed by atoms with Gasteiger partial charge in [-0.05, 0) is 36.6 Å². The molecule has 110 valence electrons. The third-order valence-electron chi connectivity index (χ3n) is 4.00. The summed E-state index contributed by atoms with van der Waals surface area (Å²) in [5, 5.41) is 4.05. The van der Waals surface area contributed by atoms with Gasteiger partial charge in [0.05, 0.1) is 5.52 Å². The molecule has 0 spiro atoms. The molecule has 0 radical (unpaired) electrons. The maximum absolute atomic E-state index is 12.1. The van der Waals surface area contributed by atoms with E-state index in [2.05, 4.69) is 16.4 Å². The lowest BCUT2D eigenvalue weighted by atomic mass is 10.1. The topological polar surface area (TPSA) is 71.2 Å². The van der Waals surface area contributed by atoms with E-state index in [-0.39, 0.29) is 6.03 Å². The molecule has 5 nitrogen and oxygen atoms in total. The third-order valence-corrected chi connectivity index (χ3v) is 4.00. The average Bonchev–Trinajstić information content (AvgIpc) is 3.01. The molecule has 0 saturated carbocycles. The second-order valence-corrected chi connectivity index (χ2v) is 5.53. The Morgan fingerprint density at radius 3 is 3.10 bits per heavy atom. The van der Waals surface area contributed by atoms with Crippen LogP contribution in [0.1, 0.15) is 12.0 Å². The molecule has 1 fully saturated rings. The molecule has 2 heterocycles. The van der Waals surface area contributed by atoms with E-state index in [0.717, 1.165) is 36.0 Å². The van der Waals surface area contributed by atoms with E-state index in [9.17, 15) is 4.79 Å². The number of benzene rings is 1. The van der Waals surface area contributed by atoms with Crippen molar-refractivity contribution in [3.63, 3.8) is 0 Å². The molecule has 5 heteroatoms. The van der Waals surface area contributed by atoms with Crippen molar-refractivity contribution in [1.82, 2.24) is 15.2 Å². The van der Waals surface area contributed by atoms with Crippen molar-refractivity contribution in [2.45, 2.75) is 13.0 Å². The molecule has 3 rings (SSSR count). The number of rotatable bonds is 3. The fourth-order valence-corrected chi connectivity index (χ4v) is 2.71. The maximum Gasteiger partial charge on any atom is 0.317 e. The van der Waals surface area contributed by atoms with E-state index in [4.69, 9.17) is 5.73 Å². The zero-order valence-electron chi connectivity index (χ0n) is 12.0. The molecular weight excluding hydrogens is 264 g/mol. The molecule has 0 aliphatic carbocycles. The van der Waals surface area contributed by atoms with Gasteiger partial charge in [0.15, 0.2) is 0 Å². The second-order valence-electron chi connectivity index (χ2n) is 5.53. The van der Waals surface area contributed by atoms with Crippen LogP contribution in [0.2, 0.25) is 0 Å². The van der Waals surface area contributed by atoms with E-state index >= 15 is 0 Å². The predicted molar refractivity (Wildman–Crippen MR) is 82.7 cm³/mol. The number of carbonyl (C=O) groups excluding carboxylic acids is 1. The van der Waals surface area contributed by atoms with Crippen molar-refractivity contribution in [2.75, 3.05) is 19.6 Å². The fourth-order valence-electron chi connectivity index (χ4n) is 2.71. The number of hydrogen-bond donors (Lipinski definition) is 2. The number of hydrogen-bond acceptors (Lipinski definition) is 3. The summed E-state index contributed by atoms with van der Waals surface area (Å²) in [6, 6.07) is 10.0. The van der Waals surface area contributed by atoms with Crippen molar-refractivity contribution >= 4 is 16.9 Å². The Hall–Kier alpha value is -2.14. The van der Waals surface area contributed by atoms with Crippen LogP contribution in [-0.4, -0.2) is 35.5 Å². The van der Waals surface area contributed by atoms with Crippen LogP contribution in [0.15, 0.2) is 36.5 Å². The minimum atomic E-state index is -0.0147. The molecule has 1 atom stereocenters. The van der Waals surface area contributed by atoms with Crippen LogP contribution in [-0.2, 0) is 6.54 Å². The summed E-state index contributed by atoms with van der Waals surface area (Å²) in [6.07, 6.45) is 2.82. The van der Waals surface area contributed by atoms with Crippen LogP contribution in [0.5, 0.6) is 0 Å². The summed E-state index contributed by atoms with van der Waals surface area (Å²) in [4.78, 5) is 18.3. The smallest absolute Gasteiger partial charge is 0.317 e. The van der Waals surface area contributed by atoms with E-state index in [1.165, 1.54) is 0 Å². The van der Waals surface area contributed by atoms with Crippen LogP contribution >= 0.6 is 0 Å². The van der Waals surface area contributed by atoms with E-state index in [0.29, 0.717) is 19.0 Å². The zero-order chi connectivity index (χ0) is 14.7. The van der Waals surface area contributed by atoms with E-state index in [1.807, 2.05) is 35.4 Å². The highest BCUT2D eigenvalue weighted by Crippen LogP contribution is 2.15. The molecule has 0 unspecified atom stereocenters. The molecule has 21 heavy (non-hydrogen) atoms. The van der Waals surface area contributed by atoms with Crippen LogP contribution < -0.4 is 11.1 Å². The first-order valence-electron chi connectivity index (χ1n) is 7.33.